The van der Waals surface area contributed by atoms with E-state index in [2.05, 4.69) is 54.4 Å². The first-order chi connectivity index (χ1) is 12.4. The van der Waals surface area contributed by atoms with Crippen LogP contribution in [0.25, 0.3) is 0 Å². The molecule has 0 aromatic carbocycles. The molecule has 2 aromatic heterocycles. The van der Waals surface area contributed by atoms with Crippen LogP contribution in [0.3, 0.4) is 0 Å². The van der Waals surface area contributed by atoms with E-state index in [-0.39, 0.29) is 18.4 Å². The van der Waals surface area contributed by atoms with Crippen molar-refractivity contribution >= 4 is 23.7 Å². The molecule has 3 heterocycles. The first kappa shape index (κ1) is 19.7. The number of nitrogens with zero attached hydrogens (tertiary/aromatic N) is 6. The zero-order valence-corrected chi connectivity index (χ0v) is 17.1. The van der Waals surface area contributed by atoms with Crippen molar-refractivity contribution in [1.82, 2.24) is 30.0 Å². The van der Waals surface area contributed by atoms with Gasteiger partial charge >= 0.3 is 0 Å². The molecule has 0 N–H and O–H groups in total. The normalized spacial score (nSPS) is 21.4. The lowest BCUT2D eigenvalue weighted by atomic mass is 9.95. The van der Waals surface area contributed by atoms with Gasteiger partial charge in [0, 0.05) is 31.1 Å². The molecule has 0 radical (unpaired) electrons. The Kier molecular flexibility index (Phi) is 7.03. The second-order valence-electron chi connectivity index (χ2n) is 7.16. The largest absolute Gasteiger partial charge is 0.301 e. The smallest absolute Gasteiger partial charge is 0.174 e. The molecular formula is C18H29ClN6S. The molecule has 26 heavy (non-hydrogen) atoms. The van der Waals surface area contributed by atoms with Crippen molar-refractivity contribution in [3.63, 3.8) is 0 Å². The van der Waals surface area contributed by atoms with Crippen LogP contribution in [0.2, 0.25) is 0 Å². The maximum Gasteiger partial charge on any atom is 0.174 e. The molecule has 1 aliphatic heterocycles. The van der Waals surface area contributed by atoms with Crippen molar-refractivity contribution < 1.29 is 0 Å². The molecule has 6 nitrogen and oxygen atoms in total. The lowest BCUT2D eigenvalue weighted by Crippen LogP contribution is -2.48. The summed E-state index contributed by atoms with van der Waals surface area (Å²) in [7, 11) is 0. The monoisotopic (exact) mass is 396 g/mol. The molecule has 1 saturated carbocycles. The highest BCUT2D eigenvalue weighted by atomic mass is 35.5. The van der Waals surface area contributed by atoms with Gasteiger partial charge in [-0.3, -0.25) is 4.90 Å². The second kappa shape index (κ2) is 9.26. The third kappa shape index (κ3) is 4.11. The van der Waals surface area contributed by atoms with Crippen LogP contribution in [-0.2, 0) is 0 Å². The molecular weight excluding hydrogens is 368 g/mol. The Hall–Kier alpha value is -1.02. The molecule has 1 aliphatic carbocycles. The van der Waals surface area contributed by atoms with Crippen LogP contribution in [0.15, 0.2) is 17.5 Å². The summed E-state index contributed by atoms with van der Waals surface area (Å²) in [4.78, 5) is 6.45. The fraction of sp³-hybridized carbons (Fsp3) is 0.722. The number of hydrogen-bond donors (Lipinski definition) is 0. The van der Waals surface area contributed by atoms with Gasteiger partial charge in [-0.2, -0.15) is 0 Å². The van der Waals surface area contributed by atoms with Crippen LogP contribution in [0.4, 0.5) is 0 Å². The Morgan fingerprint density at radius 3 is 2.58 bits per heavy atom. The van der Waals surface area contributed by atoms with E-state index in [4.69, 9.17) is 0 Å². The van der Waals surface area contributed by atoms with E-state index in [1.54, 1.807) is 0 Å². The second-order valence-corrected chi connectivity index (χ2v) is 8.14. The number of halogens is 1. The highest BCUT2D eigenvalue weighted by Gasteiger charge is 2.32. The van der Waals surface area contributed by atoms with Gasteiger partial charge in [0.15, 0.2) is 5.82 Å². The molecule has 0 amide bonds. The highest BCUT2D eigenvalue weighted by Crippen LogP contribution is 2.35. The minimum Gasteiger partial charge on any atom is -0.301 e. The fourth-order valence-corrected chi connectivity index (χ4v) is 5.08. The maximum atomic E-state index is 4.52. The summed E-state index contributed by atoms with van der Waals surface area (Å²) in [6.07, 6.45) is 6.35. The zero-order chi connectivity index (χ0) is 17.1. The Labute approximate surface area is 166 Å². The van der Waals surface area contributed by atoms with Crippen molar-refractivity contribution in [2.75, 3.05) is 32.7 Å². The van der Waals surface area contributed by atoms with Gasteiger partial charge in [0.1, 0.15) is 6.04 Å². The summed E-state index contributed by atoms with van der Waals surface area (Å²) >= 11 is 1.82. The lowest BCUT2D eigenvalue weighted by molar-refractivity contribution is 0.108. The van der Waals surface area contributed by atoms with Crippen molar-refractivity contribution in [1.29, 1.82) is 0 Å². The van der Waals surface area contributed by atoms with Crippen LogP contribution < -0.4 is 0 Å². The van der Waals surface area contributed by atoms with Gasteiger partial charge in [0.05, 0.1) is 6.04 Å². The van der Waals surface area contributed by atoms with Crippen LogP contribution in [0.1, 0.15) is 61.8 Å². The van der Waals surface area contributed by atoms with Crippen LogP contribution in [0, 0.1) is 0 Å². The average molecular weight is 397 g/mol. The van der Waals surface area contributed by atoms with Gasteiger partial charge < -0.3 is 4.90 Å². The van der Waals surface area contributed by atoms with Crippen LogP contribution >= 0.6 is 23.7 Å². The summed E-state index contributed by atoms with van der Waals surface area (Å²) in [6, 6.07) is 5.04. The molecule has 4 rings (SSSR count). The predicted octanol–water partition coefficient (Wildman–Crippen LogP) is 3.39. The third-order valence-electron chi connectivity index (χ3n) is 5.72. The molecule has 8 heteroatoms. The van der Waals surface area contributed by atoms with E-state index in [1.807, 2.05) is 11.3 Å². The maximum absolute atomic E-state index is 4.52. The van der Waals surface area contributed by atoms with E-state index < -0.39 is 0 Å². The molecule has 2 aliphatic rings. The topological polar surface area (TPSA) is 50.1 Å². The van der Waals surface area contributed by atoms with E-state index in [1.165, 1.54) is 37.0 Å². The van der Waals surface area contributed by atoms with Crippen molar-refractivity contribution in [3.05, 3.63) is 28.2 Å². The van der Waals surface area contributed by atoms with Crippen molar-refractivity contribution in [2.45, 2.75) is 51.1 Å². The van der Waals surface area contributed by atoms with E-state index in [0.717, 1.165) is 38.5 Å². The zero-order valence-electron chi connectivity index (χ0n) is 15.5. The summed E-state index contributed by atoms with van der Waals surface area (Å²) in [5, 5.41) is 15.2. The van der Waals surface area contributed by atoms with Gasteiger partial charge in [-0.1, -0.05) is 32.3 Å². The van der Waals surface area contributed by atoms with Gasteiger partial charge in [-0.25, -0.2) is 4.68 Å². The molecule has 1 unspecified atom stereocenters. The first-order valence-corrected chi connectivity index (χ1v) is 10.5. The van der Waals surface area contributed by atoms with E-state index in [9.17, 15) is 0 Å². The molecule has 2 fully saturated rings. The predicted molar refractivity (Wildman–Crippen MR) is 107 cm³/mol. The SMILES string of the molecule is CCN1CCN(C(c2cccs2)c2nnnn2C2CCCCC2)CC1.Cl. The Morgan fingerprint density at radius 2 is 1.92 bits per heavy atom. The minimum atomic E-state index is 0. The number of likely N-dealkylation sites (N-methyl/N-ethyl adjacent to an activating group) is 1. The van der Waals surface area contributed by atoms with E-state index >= 15 is 0 Å². The number of thiophene rings is 1. The van der Waals surface area contributed by atoms with Crippen molar-refractivity contribution in [2.24, 2.45) is 0 Å². The van der Waals surface area contributed by atoms with Gasteiger partial charge in [-0.05, 0) is 41.3 Å². The number of tetrazole rings is 1. The van der Waals surface area contributed by atoms with Crippen LogP contribution in [-0.4, -0.2) is 62.7 Å². The summed E-state index contributed by atoms with van der Waals surface area (Å²) in [6.45, 7) is 7.79. The Bertz CT molecular complexity index is 646. The number of aromatic nitrogens is 4. The summed E-state index contributed by atoms with van der Waals surface area (Å²) in [5.74, 6) is 1.04. The van der Waals surface area contributed by atoms with Crippen LogP contribution in [0.5, 0.6) is 0 Å². The fourth-order valence-electron chi connectivity index (χ4n) is 4.22. The Balaban J connectivity index is 0.00000196. The highest BCUT2D eigenvalue weighted by molar-refractivity contribution is 7.10. The lowest BCUT2D eigenvalue weighted by Gasteiger charge is -2.38. The van der Waals surface area contributed by atoms with E-state index in [0.29, 0.717) is 6.04 Å². The van der Waals surface area contributed by atoms with Crippen molar-refractivity contribution in [3.8, 4) is 0 Å². The summed E-state index contributed by atoms with van der Waals surface area (Å²) < 4.78 is 2.15. The molecule has 0 spiro atoms. The number of piperazine rings is 1. The third-order valence-corrected chi connectivity index (χ3v) is 6.64. The minimum absolute atomic E-state index is 0. The Morgan fingerprint density at radius 1 is 1.15 bits per heavy atom. The average Bonchev–Trinajstić information content (AvgIpc) is 3.36. The van der Waals surface area contributed by atoms with Gasteiger partial charge in [0.2, 0.25) is 0 Å². The quantitative estimate of drug-likeness (QED) is 0.775. The molecule has 2 aromatic rings. The standard InChI is InChI=1S/C18H28N6S.ClH/c1-2-22-10-12-23(13-11-22)17(16-9-6-14-25-16)18-19-20-21-24(18)15-7-4-3-5-8-15;/h6,9,14-15,17H,2-5,7-8,10-13H2,1H3;1H. The van der Waals surface area contributed by atoms with Gasteiger partial charge in [0.25, 0.3) is 0 Å². The summed E-state index contributed by atoms with van der Waals surface area (Å²) in [5.41, 5.74) is 0. The van der Waals surface area contributed by atoms with Gasteiger partial charge in [-0.15, -0.1) is 28.8 Å². The molecule has 144 valence electrons. The molecule has 1 saturated heterocycles. The molecule has 1 atom stereocenters. The first-order valence-electron chi connectivity index (χ1n) is 9.64. The number of hydrogen-bond acceptors (Lipinski definition) is 6. The molecule has 0 bridgehead atoms. The number of rotatable bonds is 5.